The number of hydrogen-bond donors (Lipinski definition) is 2. The summed E-state index contributed by atoms with van der Waals surface area (Å²) in [5, 5.41) is 13.8. The van der Waals surface area contributed by atoms with Crippen LogP contribution in [0.1, 0.15) is 49.2 Å². The van der Waals surface area contributed by atoms with Gasteiger partial charge in [0.05, 0.1) is 12.8 Å². The minimum atomic E-state index is -0.304. The van der Waals surface area contributed by atoms with Gasteiger partial charge in [-0.05, 0) is 42.2 Å². The number of phenols is 1. The van der Waals surface area contributed by atoms with E-state index >= 15 is 0 Å². The van der Waals surface area contributed by atoms with Crippen molar-refractivity contribution < 1.29 is 14.6 Å². The van der Waals surface area contributed by atoms with Crippen molar-refractivity contribution in [3.8, 4) is 11.5 Å². The van der Waals surface area contributed by atoms with Gasteiger partial charge in [0.2, 0.25) is 0 Å². The molecule has 0 spiro atoms. The molecule has 1 amide bonds. The second-order valence-electron chi connectivity index (χ2n) is 6.68. The molecule has 2 rings (SSSR count). The van der Waals surface area contributed by atoms with Crippen molar-refractivity contribution in [1.82, 2.24) is 5.43 Å². The average molecular weight is 340 g/mol. The number of nitrogens with one attached hydrogen (secondary N) is 1. The quantitative estimate of drug-likeness (QED) is 0.641. The molecule has 0 aliphatic heterocycles. The Kier molecular flexibility index (Phi) is 5.80. The number of amides is 1. The van der Waals surface area contributed by atoms with E-state index in [1.165, 1.54) is 12.3 Å². The maximum absolute atomic E-state index is 12.1. The molecule has 0 unspecified atom stereocenters. The molecule has 0 bridgehead atoms. The highest BCUT2D eigenvalue weighted by atomic mass is 16.5. The fraction of sp³-hybridized carbons (Fsp3) is 0.300. The third-order valence-corrected chi connectivity index (χ3v) is 3.70. The van der Waals surface area contributed by atoms with E-state index in [-0.39, 0.29) is 17.1 Å². The van der Waals surface area contributed by atoms with Crippen molar-refractivity contribution in [2.75, 3.05) is 6.61 Å². The van der Waals surface area contributed by atoms with Gasteiger partial charge in [0, 0.05) is 17.2 Å². The SMILES string of the molecule is CCOc1ccc(C=NNC(=O)c2ccc(C(C)(C)C)cc2)c(O)c1. The molecule has 0 radical (unpaired) electrons. The first-order valence-electron chi connectivity index (χ1n) is 8.21. The van der Waals surface area contributed by atoms with Gasteiger partial charge in [-0.2, -0.15) is 5.10 Å². The Bertz CT molecular complexity index is 760. The molecular weight excluding hydrogens is 316 g/mol. The summed E-state index contributed by atoms with van der Waals surface area (Å²) in [7, 11) is 0. The lowest BCUT2D eigenvalue weighted by Gasteiger charge is -2.18. The summed E-state index contributed by atoms with van der Waals surface area (Å²) in [6, 6.07) is 12.4. The number of benzene rings is 2. The molecule has 0 saturated heterocycles. The van der Waals surface area contributed by atoms with Crippen molar-refractivity contribution in [3.05, 3.63) is 59.2 Å². The summed E-state index contributed by atoms with van der Waals surface area (Å²) < 4.78 is 5.30. The topological polar surface area (TPSA) is 70.9 Å². The lowest BCUT2D eigenvalue weighted by molar-refractivity contribution is 0.0955. The highest BCUT2D eigenvalue weighted by molar-refractivity contribution is 5.95. The lowest BCUT2D eigenvalue weighted by atomic mass is 9.87. The van der Waals surface area contributed by atoms with E-state index in [0.29, 0.717) is 23.5 Å². The molecule has 0 aromatic heterocycles. The third kappa shape index (κ3) is 5.08. The van der Waals surface area contributed by atoms with Crippen LogP contribution in [0.25, 0.3) is 0 Å². The van der Waals surface area contributed by atoms with E-state index in [4.69, 9.17) is 4.74 Å². The number of aromatic hydroxyl groups is 1. The van der Waals surface area contributed by atoms with Gasteiger partial charge in [0.15, 0.2) is 0 Å². The van der Waals surface area contributed by atoms with Crippen LogP contribution in [0.2, 0.25) is 0 Å². The van der Waals surface area contributed by atoms with E-state index in [0.717, 1.165) is 5.56 Å². The van der Waals surface area contributed by atoms with Crippen molar-refractivity contribution in [2.45, 2.75) is 33.1 Å². The van der Waals surface area contributed by atoms with Crippen LogP contribution in [0.4, 0.5) is 0 Å². The first-order chi connectivity index (χ1) is 11.8. The predicted octanol–water partition coefficient (Wildman–Crippen LogP) is 3.85. The Morgan fingerprint density at radius 3 is 2.44 bits per heavy atom. The molecule has 2 aromatic carbocycles. The second kappa shape index (κ2) is 7.83. The smallest absolute Gasteiger partial charge is 0.271 e. The summed E-state index contributed by atoms with van der Waals surface area (Å²) in [5.41, 5.74) is 4.68. The summed E-state index contributed by atoms with van der Waals surface area (Å²) in [6.07, 6.45) is 1.40. The van der Waals surface area contributed by atoms with Crippen molar-refractivity contribution in [1.29, 1.82) is 0 Å². The molecule has 0 atom stereocenters. The van der Waals surface area contributed by atoms with Crippen LogP contribution in [0.5, 0.6) is 11.5 Å². The highest BCUT2D eigenvalue weighted by Crippen LogP contribution is 2.23. The number of ether oxygens (including phenoxy) is 1. The van der Waals surface area contributed by atoms with Gasteiger partial charge >= 0.3 is 0 Å². The Labute approximate surface area is 148 Å². The number of hydrazone groups is 1. The third-order valence-electron chi connectivity index (χ3n) is 3.70. The van der Waals surface area contributed by atoms with E-state index in [1.54, 1.807) is 24.3 Å². The van der Waals surface area contributed by atoms with Crippen LogP contribution >= 0.6 is 0 Å². The Morgan fingerprint density at radius 1 is 1.20 bits per heavy atom. The van der Waals surface area contributed by atoms with E-state index in [1.807, 2.05) is 19.1 Å². The predicted molar refractivity (Wildman–Crippen MR) is 99.5 cm³/mol. The Morgan fingerprint density at radius 2 is 1.88 bits per heavy atom. The first-order valence-corrected chi connectivity index (χ1v) is 8.21. The largest absolute Gasteiger partial charge is 0.507 e. The van der Waals surface area contributed by atoms with Crippen LogP contribution in [-0.2, 0) is 5.41 Å². The zero-order valence-electron chi connectivity index (χ0n) is 15.0. The van der Waals surface area contributed by atoms with Gasteiger partial charge in [-0.25, -0.2) is 5.43 Å². The molecular formula is C20H24N2O3. The maximum Gasteiger partial charge on any atom is 0.271 e. The van der Waals surface area contributed by atoms with Crippen molar-refractivity contribution >= 4 is 12.1 Å². The van der Waals surface area contributed by atoms with E-state index < -0.39 is 0 Å². The molecule has 2 aromatic rings. The standard InChI is InChI=1S/C20H24N2O3/c1-5-25-17-11-8-15(18(23)12-17)13-21-22-19(24)14-6-9-16(10-7-14)20(2,3)4/h6-13,23H,5H2,1-4H3,(H,22,24). The van der Waals surface area contributed by atoms with Gasteiger partial charge in [-0.3, -0.25) is 4.79 Å². The molecule has 0 fully saturated rings. The summed E-state index contributed by atoms with van der Waals surface area (Å²) in [6.45, 7) is 8.76. The minimum absolute atomic E-state index is 0.0400. The normalized spacial score (nSPS) is 11.5. The summed E-state index contributed by atoms with van der Waals surface area (Å²) in [4.78, 5) is 12.1. The number of rotatable bonds is 5. The van der Waals surface area contributed by atoms with Crippen LogP contribution in [-0.4, -0.2) is 23.8 Å². The Balaban J connectivity index is 2.01. The molecule has 0 saturated carbocycles. The molecule has 2 N–H and O–H groups in total. The first kappa shape index (κ1) is 18.5. The molecule has 0 aliphatic rings. The number of carbonyl (C=O) groups is 1. The highest BCUT2D eigenvalue weighted by Gasteiger charge is 2.14. The van der Waals surface area contributed by atoms with E-state index in [2.05, 4.69) is 31.3 Å². The molecule has 25 heavy (non-hydrogen) atoms. The van der Waals surface area contributed by atoms with Gasteiger partial charge in [-0.15, -0.1) is 0 Å². The number of phenolic OH excluding ortho intramolecular Hbond substituents is 1. The lowest BCUT2D eigenvalue weighted by Crippen LogP contribution is -2.18. The van der Waals surface area contributed by atoms with Gasteiger partial charge < -0.3 is 9.84 Å². The molecule has 0 heterocycles. The molecule has 5 heteroatoms. The fourth-order valence-corrected chi connectivity index (χ4v) is 2.24. The minimum Gasteiger partial charge on any atom is -0.507 e. The van der Waals surface area contributed by atoms with Crippen molar-refractivity contribution in [3.63, 3.8) is 0 Å². The fourth-order valence-electron chi connectivity index (χ4n) is 2.24. The van der Waals surface area contributed by atoms with Crippen molar-refractivity contribution in [2.24, 2.45) is 5.10 Å². The average Bonchev–Trinajstić information content (AvgIpc) is 2.56. The monoisotopic (exact) mass is 340 g/mol. The van der Waals surface area contributed by atoms with Gasteiger partial charge in [0.25, 0.3) is 5.91 Å². The Hall–Kier alpha value is -2.82. The number of carbonyl (C=O) groups excluding carboxylic acids is 1. The molecule has 0 aliphatic carbocycles. The van der Waals surface area contributed by atoms with Crippen LogP contribution < -0.4 is 10.2 Å². The number of nitrogens with zero attached hydrogens (tertiary/aromatic N) is 1. The van der Waals surface area contributed by atoms with E-state index in [9.17, 15) is 9.90 Å². The van der Waals surface area contributed by atoms with Crippen LogP contribution in [0.3, 0.4) is 0 Å². The van der Waals surface area contributed by atoms with Crippen LogP contribution in [0.15, 0.2) is 47.6 Å². The second-order valence-corrected chi connectivity index (χ2v) is 6.68. The van der Waals surface area contributed by atoms with Gasteiger partial charge in [0.1, 0.15) is 11.5 Å². The summed E-state index contributed by atoms with van der Waals surface area (Å²) in [5.74, 6) is 0.320. The van der Waals surface area contributed by atoms with Gasteiger partial charge in [-0.1, -0.05) is 32.9 Å². The molecule has 132 valence electrons. The zero-order chi connectivity index (χ0) is 18.4. The summed E-state index contributed by atoms with van der Waals surface area (Å²) >= 11 is 0. The zero-order valence-corrected chi connectivity index (χ0v) is 15.0. The van der Waals surface area contributed by atoms with Crippen LogP contribution in [0, 0.1) is 0 Å². The number of hydrogen-bond acceptors (Lipinski definition) is 4. The maximum atomic E-state index is 12.1. The molecule has 5 nitrogen and oxygen atoms in total.